The minimum absolute atomic E-state index is 0.0555. The van der Waals surface area contributed by atoms with Gasteiger partial charge in [0.1, 0.15) is 0 Å². The highest BCUT2D eigenvalue weighted by Crippen LogP contribution is 2.38. The van der Waals surface area contributed by atoms with Crippen LogP contribution in [0.25, 0.3) is 0 Å². The lowest BCUT2D eigenvalue weighted by Gasteiger charge is -2.35. The molecule has 132 valence electrons. The van der Waals surface area contributed by atoms with Crippen LogP contribution in [-0.4, -0.2) is 54.6 Å². The first-order valence-corrected chi connectivity index (χ1v) is 9.21. The molecule has 4 heteroatoms. The second-order valence-electron chi connectivity index (χ2n) is 7.57. The van der Waals surface area contributed by atoms with Gasteiger partial charge in [-0.05, 0) is 25.8 Å². The Morgan fingerprint density at radius 1 is 1.21 bits per heavy atom. The monoisotopic (exact) mass is 330 g/mol. The van der Waals surface area contributed by atoms with Crippen molar-refractivity contribution in [2.75, 3.05) is 32.8 Å². The molecule has 24 heavy (non-hydrogen) atoms. The molecular weight excluding hydrogens is 300 g/mol. The number of nitrogens with zero attached hydrogens (tertiary/aromatic N) is 2. The van der Waals surface area contributed by atoms with Crippen molar-refractivity contribution in [2.45, 2.75) is 45.7 Å². The molecule has 2 heterocycles. The lowest BCUT2D eigenvalue weighted by atomic mass is 9.87. The zero-order valence-corrected chi connectivity index (χ0v) is 15.2. The highest BCUT2D eigenvalue weighted by molar-refractivity contribution is 5.80. The SMILES string of the molecule is CC[C@H](C)N1CCOC[C@]2(CC(=O)N([C@H](C)c3ccccc3)C2)C1. The Labute approximate surface area is 145 Å². The van der Waals surface area contributed by atoms with Gasteiger partial charge in [0.15, 0.2) is 0 Å². The maximum absolute atomic E-state index is 12.8. The van der Waals surface area contributed by atoms with E-state index in [0.717, 1.165) is 32.7 Å². The van der Waals surface area contributed by atoms with Crippen LogP contribution >= 0.6 is 0 Å². The summed E-state index contributed by atoms with van der Waals surface area (Å²) in [6.07, 6.45) is 1.74. The lowest BCUT2D eigenvalue weighted by Crippen LogP contribution is -2.44. The molecule has 2 saturated heterocycles. The van der Waals surface area contributed by atoms with Crippen LogP contribution in [0.1, 0.15) is 45.2 Å². The average molecular weight is 330 g/mol. The van der Waals surface area contributed by atoms with Crippen LogP contribution in [0.3, 0.4) is 0 Å². The molecule has 1 aromatic rings. The van der Waals surface area contributed by atoms with Crippen molar-refractivity contribution in [3.8, 4) is 0 Å². The van der Waals surface area contributed by atoms with E-state index in [0.29, 0.717) is 19.1 Å². The molecule has 2 aliphatic heterocycles. The molecule has 1 spiro atoms. The van der Waals surface area contributed by atoms with Crippen LogP contribution in [-0.2, 0) is 9.53 Å². The van der Waals surface area contributed by atoms with E-state index >= 15 is 0 Å². The fourth-order valence-electron chi connectivity index (χ4n) is 4.06. The molecule has 0 aromatic heterocycles. The molecule has 1 aromatic carbocycles. The van der Waals surface area contributed by atoms with E-state index in [2.05, 4.69) is 42.7 Å². The number of ether oxygens (including phenoxy) is 1. The van der Waals surface area contributed by atoms with Gasteiger partial charge in [-0.3, -0.25) is 9.69 Å². The Balaban J connectivity index is 1.77. The fraction of sp³-hybridized carbons (Fsp3) is 0.650. The number of carbonyl (C=O) groups excluding carboxylic acids is 1. The second-order valence-corrected chi connectivity index (χ2v) is 7.57. The van der Waals surface area contributed by atoms with Crippen molar-refractivity contribution in [3.05, 3.63) is 35.9 Å². The Kier molecular flexibility index (Phi) is 5.26. The summed E-state index contributed by atoms with van der Waals surface area (Å²) < 4.78 is 5.92. The fourth-order valence-corrected chi connectivity index (χ4v) is 4.06. The van der Waals surface area contributed by atoms with E-state index in [1.807, 2.05) is 18.2 Å². The van der Waals surface area contributed by atoms with E-state index in [-0.39, 0.29) is 17.4 Å². The van der Waals surface area contributed by atoms with Gasteiger partial charge >= 0.3 is 0 Å². The summed E-state index contributed by atoms with van der Waals surface area (Å²) in [7, 11) is 0. The van der Waals surface area contributed by atoms with Gasteiger partial charge in [0.25, 0.3) is 0 Å². The molecule has 0 aliphatic carbocycles. The zero-order valence-electron chi connectivity index (χ0n) is 15.2. The van der Waals surface area contributed by atoms with E-state index < -0.39 is 0 Å². The normalized spacial score (nSPS) is 28.1. The van der Waals surface area contributed by atoms with Crippen molar-refractivity contribution in [3.63, 3.8) is 0 Å². The lowest BCUT2D eigenvalue weighted by molar-refractivity contribution is -0.129. The minimum Gasteiger partial charge on any atom is -0.379 e. The summed E-state index contributed by atoms with van der Waals surface area (Å²) in [5.74, 6) is 0.265. The summed E-state index contributed by atoms with van der Waals surface area (Å²) in [5, 5.41) is 0. The number of hydrogen-bond donors (Lipinski definition) is 0. The van der Waals surface area contributed by atoms with E-state index in [1.54, 1.807) is 0 Å². The van der Waals surface area contributed by atoms with Gasteiger partial charge in [-0.2, -0.15) is 0 Å². The standard InChI is InChI=1S/C20H30N2O2/c1-4-16(2)21-10-11-24-15-20(13-21)12-19(23)22(14-20)17(3)18-8-6-5-7-9-18/h5-9,16-17H,4,10-15H2,1-3H3/t16-,17+,20+/m0/s1. The van der Waals surface area contributed by atoms with Gasteiger partial charge in [-0.1, -0.05) is 37.3 Å². The summed E-state index contributed by atoms with van der Waals surface area (Å²) in [5.41, 5.74) is 1.15. The van der Waals surface area contributed by atoms with Gasteiger partial charge in [0.2, 0.25) is 5.91 Å². The third kappa shape index (κ3) is 3.50. The van der Waals surface area contributed by atoms with Crippen LogP contribution in [0, 0.1) is 5.41 Å². The maximum Gasteiger partial charge on any atom is 0.223 e. The first-order valence-electron chi connectivity index (χ1n) is 9.21. The maximum atomic E-state index is 12.8. The molecule has 0 radical (unpaired) electrons. The average Bonchev–Trinajstić information content (AvgIpc) is 2.79. The van der Waals surface area contributed by atoms with Crippen molar-refractivity contribution in [1.29, 1.82) is 0 Å². The topological polar surface area (TPSA) is 32.8 Å². The summed E-state index contributed by atoms with van der Waals surface area (Å²) in [6, 6.07) is 11.0. The first-order chi connectivity index (χ1) is 11.5. The third-order valence-corrected chi connectivity index (χ3v) is 5.79. The molecule has 3 rings (SSSR count). The zero-order chi connectivity index (χ0) is 17.2. The van der Waals surface area contributed by atoms with Crippen molar-refractivity contribution >= 4 is 5.91 Å². The van der Waals surface area contributed by atoms with Crippen LogP contribution in [0.15, 0.2) is 30.3 Å². The van der Waals surface area contributed by atoms with E-state index in [9.17, 15) is 4.79 Å². The number of amides is 1. The highest BCUT2D eigenvalue weighted by Gasteiger charge is 2.47. The molecule has 0 saturated carbocycles. The van der Waals surface area contributed by atoms with Crippen LogP contribution in [0.5, 0.6) is 0 Å². The molecule has 0 N–H and O–H groups in total. The van der Waals surface area contributed by atoms with E-state index in [1.165, 1.54) is 5.56 Å². The molecule has 0 bridgehead atoms. The molecule has 1 amide bonds. The van der Waals surface area contributed by atoms with Crippen LogP contribution in [0.2, 0.25) is 0 Å². The molecule has 3 atom stereocenters. The number of hydrogen-bond acceptors (Lipinski definition) is 3. The van der Waals surface area contributed by atoms with Crippen molar-refractivity contribution in [2.24, 2.45) is 5.41 Å². The number of rotatable bonds is 4. The van der Waals surface area contributed by atoms with Crippen LogP contribution in [0.4, 0.5) is 0 Å². The molecule has 4 nitrogen and oxygen atoms in total. The smallest absolute Gasteiger partial charge is 0.223 e. The summed E-state index contributed by atoms with van der Waals surface area (Å²) >= 11 is 0. The van der Waals surface area contributed by atoms with Gasteiger partial charge in [-0.25, -0.2) is 0 Å². The van der Waals surface area contributed by atoms with Gasteiger partial charge < -0.3 is 9.64 Å². The van der Waals surface area contributed by atoms with Gasteiger partial charge in [0.05, 0.1) is 19.3 Å². The Hall–Kier alpha value is -1.39. The van der Waals surface area contributed by atoms with Gasteiger partial charge in [0, 0.05) is 37.5 Å². The number of benzene rings is 1. The summed E-state index contributed by atoms with van der Waals surface area (Å²) in [4.78, 5) is 17.3. The third-order valence-electron chi connectivity index (χ3n) is 5.79. The predicted octanol–water partition coefficient (Wildman–Crippen LogP) is 3.10. The molecular formula is C20H30N2O2. The Bertz CT molecular complexity index is 562. The second kappa shape index (κ2) is 7.24. The van der Waals surface area contributed by atoms with Crippen LogP contribution < -0.4 is 0 Å². The predicted molar refractivity (Wildman–Crippen MR) is 95.8 cm³/mol. The highest BCUT2D eigenvalue weighted by atomic mass is 16.5. The number of likely N-dealkylation sites (tertiary alicyclic amines) is 1. The minimum atomic E-state index is -0.0555. The quantitative estimate of drug-likeness (QED) is 0.850. The molecule has 2 fully saturated rings. The first kappa shape index (κ1) is 17.4. The Morgan fingerprint density at radius 2 is 1.96 bits per heavy atom. The molecule has 2 aliphatic rings. The number of carbonyl (C=O) groups is 1. The largest absolute Gasteiger partial charge is 0.379 e. The van der Waals surface area contributed by atoms with E-state index in [4.69, 9.17) is 4.74 Å². The Morgan fingerprint density at radius 3 is 2.67 bits per heavy atom. The van der Waals surface area contributed by atoms with Crippen molar-refractivity contribution < 1.29 is 9.53 Å². The van der Waals surface area contributed by atoms with Gasteiger partial charge in [-0.15, -0.1) is 0 Å². The summed E-state index contributed by atoms with van der Waals surface area (Å²) in [6.45, 7) is 10.8. The van der Waals surface area contributed by atoms with Crippen molar-refractivity contribution in [1.82, 2.24) is 9.80 Å². The molecule has 0 unspecified atom stereocenters.